The van der Waals surface area contributed by atoms with E-state index < -0.39 is 96.1 Å². The molecule has 4 aliphatic heterocycles. The van der Waals surface area contributed by atoms with Crippen molar-refractivity contribution in [2.75, 3.05) is 39.3 Å². The van der Waals surface area contributed by atoms with Gasteiger partial charge < -0.3 is 65.2 Å². The van der Waals surface area contributed by atoms with E-state index in [2.05, 4.69) is 0 Å². The summed E-state index contributed by atoms with van der Waals surface area (Å²) in [4.78, 5) is 79.1. The Labute approximate surface area is 322 Å². The summed E-state index contributed by atoms with van der Waals surface area (Å²) in [7, 11) is 0. The van der Waals surface area contributed by atoms with E-state index in [9.17, 15) is 74.7 Å². The van der Waals surface area contributed by atoms with Gasteiger partial charge in [0.2, 0.25) is 23.6 Å². The number of nitrogens with zero attached hydrogens (tertiary/aromatic N) is 4. The summed E-state index contributed by atoms with van der Waals surface area (Å²) in [5, 5.41) is 89.1. The summed E-state index contributed by atoms with van der Waals surface area (Å²) < 4.78 is 10.3. The molecule has 2 saturated carbocycles. The minimum Gasteiger partial charge on any atom is -0.440 e. The van der Waals surface area contributed by atoms with E-state index >= 15 is 0 Å². The Balaban J connectivity index is 0.000000214. The van der Waals surface area contributed by atoms with E-state index in [4.69, 9.17) is 9.47 Å². The van der Waals surface area contributed by atoms with Gasteiger partial charge in [-0.3, -0.25) is 29.0 Å². The highest BCUT2D eigenvalue weighted by Gasteiger charge is 2.56. The Kier molecular flexibility index (Phi) is 13.0. The van der Waals surface area contributed by atoms with Crippen molar-refractivity contribution in [2.24, 2.45) is 16.7 Å². The molecule has 21 nitrogen and oxygen atoms in total. The zero-order valence-corrected chi connectivity index (χ0v) is 31.5. The molecule has 6 fully saturated rings. The van der Waals surface area contributed by atoms with Crippen molar-refractivity contribution in [1.29, 1.82) is 0 Å². The molecule has 0 aromatic rings. The summed E-state index contributed by atoms with van der Waals surface area (Å²) in [5.74, 6) is -1.63. The molecular weight excluding hydrogens is 748 g/mol. The summed E-state index contributed by atoms with van der Waals surface area (Å²) in [6.45, 7) is 6.23. The first-order chi connectivity index (χ1) is 26.2. The number of amides is 6. The third-order valence-electron chi connectivity index (χ3n) is 12.6. The Morgan fingerprint density at radius 3 is 1.11 bits per heavy atom. The molecule has 0 radical (unpaired) electrons. The molecule has 4 heterocycles. The van der Waals surface area contributed by atoms with Gasteiger partial charge in [0.05, 0.1) is 23.0 Å². The summed E-state index contributed by atoms with van der Waals surface area (Å²) in [6, 6.07) is 0. The highest BCUT2D eigenvalue weighted by atomic mass is 16.6. The van der Waals surface area contributed by atoms with Crippen LogP contribution < -0.4 is 0 Å². The van der Waals surface area contributed by atoms with Gasteiger partial charge in [-0.25, -0.2) is 9.59 Å². The maximum atomic E-state index is 12.6. The normalized spacial score (nSPS) is 38.2. The molecule has 12 atom stereocenters. The van der Waals surface area contributed by atoms with Crippen LogP contribution in [0.5, 0.6) is 0 Å². The lowest BCUT2D eigenvalue weighted by Crippen LogP contribution is -2.65. The zero-order valence-electron chi connectivity index (χ0n) is 31.5. The van der Waals surface area contributed by atoms with Crippen LogP contribution in [-0.4, -0.2) is 208 Å². The third kappa shape index (κ3) is 7.72. The number of aliphatic hydroxyl groups is 9. The van der Waals surface area contributed by atoms with Crippen LogP contribution in [0, 0.1) is 16.7 Å². The van der Waals surface area contributed by atoms with E-state index in [0.717, 1.165) is 0 Å². The first-order valence-corrected chi connectivity index (χ1v) is 19.0. The predicted octanol–water partition coefficient (Wildman–Crippen LogP) is -4.38. The van der Waals surface area contributed by atoms with Crippen molar-refractivity contribution >= 4 is 35.8 Å². The quantitative estimate of drug-likeness (QED) is 0.121. The number of likely N-dealkylation sites (tertiary alicyclic amines) is 4. The van der Waals surface area contributed by atoms with Crippen LogP contribution in [-0.2, 0) is 28.7 Å². The average molecular weight is 803 g/mol. The van der Waals surface area contributed by atoms with Crippen LogP contribution >= 0.6 is 0 Å². The number of aliphatic hydroxyl groups excluding tert-OH is 9. The molecule has 9 N–H and O–H groups in total. The van der Waals surface area contributed by atoms with Gasteiger partial charge in [0.1, 0.15) is 42.7 Å². The molecule has 316 valence electrons. The van der Waals surface area contributed by atoms with Gasteiger partial charge in [-0.15, -0.1) is 0 Å². The number of hydrogen-bond acceptors (Lipinski definition) is 17. The molecule has 4 saturated heterocycles. The van der Waals surface area contributed by atoms with Gasteiger partial charge >= 0.3 is 12.2 Å². The molecule has 10 unspecified atom stereocenters. The van der Waals surface area contributed by atoms with Crippen molar-refractivity contribution in [3.8, 4) is 0 Å². The Hall–Kier alpha value is -3.54. The van der Waals surface area contributed by atoms with Crippen molar-refractivity contribution in [1.82, 2.24) is 19.6 Å². The molecule has 21 heteroatoms. The van der Waals surface area contributed by atoms with Gasteiger partial charge in [0.25, 0.3) is 0 Å². The van der Waals surface area contributed by atoms with Gasteiger partial charge in [0.15, 0.2) is 12.2 Å². The maximum absolute atomic E-state index is 12.6. The summed E-state index contributed by atoms with van der Waals surface area (Å²) >= 11 is 0. The predicted molar refractivity (Wildman–Crippen MR) is 184 cm³/mol. The molecule has 2 aliphatic carbocycles. The lowest BCUT2D eigenvalue weighted by molar-refractivity contribution is -0.224. The first-order valence-electron chi connectivity index (χ1n) is 19.0. The highest BCUT2D eigenvalue weighted by molar-refractivity contribution is 6.06. The molecule has 0 aromatic heterocycles. The first kappa shape index (κ1) is 43.6. The minimum atomic E-state index is -1.79. The van der Waals surface area contributed by atoms with Crippen LogP contribution in [0.25, 0.3) is 0 Å². The molecule has 6 amide bonds. The largest absolute Gasteiger partial charge is 0.440 e. The van der Waals surface area contributed by atoms with E-state index in [1.807, 2.05) is 0 Å². The lowest BCUT2D eigenvalue weighted by atomic mass is 9.77. The topological polar surface area (TPSA) is 316 Å². The fraction of sp³-hybridized carbons (Fsp3) is 0.829. The SMILES string of the molecule is CCN1C(=O)CC2(CCN(C(=O)OC3C(O)C(O)C(C)C(O)[C@H]3O)CC2)C1=O.CCN1C(=O)CC2(CCN(C(=O)OC3C(O)C(O)C(O)C(O)[C@H]3O)CC2)C1=O. The fourth-order valence-corrected chi connectivity index (χ4v) is 8.65. The van der Waals surface area contributed by atoms with Crippen molar-refractivity contribution < 1.29 is 84.2 Å². The molecule has 0 bridgehead atoms. The molecule has 56 heavy (non-hydrogen) atoms. The monoisotopic (exact) mass is 802 g/mol. The number of rotatable bonds is 4. The van der Waals surface area contributed by atoms with Crippen LogP contribution in [0.4, 0.5) is 9.59 Å². The van der Waals surface area contributed by atoms with Crippen LogP contribution in [0.1, 0.15) is 59.3 Å². The Morgan fingerprint density at radius 1 is 0.536 bits per heavy atom. The van der Waals surface area contributed by atoms with Gasteiger partial charge in [-0.1, -0.05) is 6.92 Å². The zero-order chi connectivity index (χ0) is 41.6. The fourth-order valence-electron chi connectivity index (χ4n) is 8.65. The maximum Gasteiger partial charge on any atom is 0.410 e. The van der Waals surface area contributed by atoms with Crippen LogP contribution in [0.3, 0.4) is 0 Å². The highest BCUT2D eigenvalue weighted by Crippen LogP contribution is 2.43. The molecular formula is C35H54N4O17. The summed E-state index contributed by atoms with van der Waals surface area (Å²) in [6.07, 6.45) is -18.0. The molecule has 0 aromatic carbocycles. The van der Waals surface area contributed by atoms with Gasteiger partial charge in [0, 0.05) is 58.0 Å². The van der Waals surface area contributed by atoms with E-state index in [0.29, 0.717) is 25.9 Å². The number of carbonyl (C=O) groups is 6. The Bertz CT molecular complexity index is 1370. The van der Waals surface area contributed by atoms with Crippen molar-refractivity contribution in [2.45, 2.75) is 126 Å². The standard InChI is InChI=1S/C18H28N2O8.C17H26N2O9/c1-3-20-10(21)8-18(16(20)26)4-6-19(7-5-18)17(27)28-15-13(24)11(22)9(2)12(23)14(15)25;1-2-19-8(20)7-17(15(19)26)3-5-18(6-4-17)16(27)28-14-12(24)10(22)9(21)11(23)13(14)25/h9,11-15,22-25H,3-8H2,1-2H3;9-14,21-25H,2-7H2,1H3/t9?,11?,12?,13-,14?,15?;9?,10?,11?,12-,13?,14?/m11/s1. The second kappa shape index (κ2) is 16.7. The van der Waals surface area contributed by atoms with Crippen molar-refractivity contribution in [3.63, 3.8) is 0 Å². The Morgan fingerprint density at radius 2 is 0.821 bits per heavy atom. The number of carbonyl (C=O) groups excluding carboxylic acids is 6. The van der Waals surface area contributed by atoms with Gasteiger partial charge in [-0.2, -0.15) is 0 Å². The summed E-state index contributed by atoms with van der Waals surface area (Å²) in [5.41, 5.74) is -1.60. The van der Waals surface area contributed by atoms with E-state index in [1.165, 1.54) is 26.5 Å². The molecule has 6 aliphatic rings. The number of hydrogen-bond donors (Lipinski definition) is 9. The minimum absolute atomic E-state index is 0.110. The molecule has 2 spiro atoms. The molecule has 6 rings (SSSR count). The lowest BCUT2D eigenvalue weighted by Gasteiger charge is -2.43. The number of imide groups is 2. The second-order valence-electron chi connectivity index (χ2n) is 15.7. The third-order valence-corrected chi connectivity index (χ3v) is 12.6. The number of piperidine rings is 2. The number of ether oxygens (including phenoxy) is 2. The van der Waals surface area contributed by atoms with Crippen LogP contribution in [0.15, 0.2) is 0 Å². The van der Waals surface area contributed by atoms with Crippen molar-refractivity contribution in [3.05, 3.63) is 0 Å². The average Bonchev–Trinajstić information content (AvgIpc) is 3.56. The van der Waals surface area contributed by atoms with E-state index in [-0.39, 0.29) is 75.5 Å². The van der Waals surface area contributed by atoms with E-state index in [1.54, 1.807) is 13.8 Å². The second-order valence-corrected chi connectivity index (χ2v) is 15.7. The smallest absolute Gasteiger partial charge is 0.410 e. The van der Waals surface area contributed by atoms with Gasteiger partial charge in [-0.05, 0) is 39.5 Å². The van der Waals surface area contributed by atoms with Crippen LogP contribution in [0.2, 0.25) is 0 Å².